The van der Waals surface area contributed by atoms with Gasteiger partial charge >= 0.3 is 0 Å². The third kappa shape index (κ3) is 4.97. The number of carbonyl (C=O) groups is 1. The van der Waals surface area contributed by atoms with Gasteiger partial charge in [0.05, 0.1) is 10.6 Å². The molecular weight excluding hydrogens is 462 g/mol. The summed E-state index contributed by atoms with van der Waals surface area (Å²) in [6.07, 6.45) is 4.61. The van der Waals surface area contributed by atoms with Gasteiger partial charge in [0.1, 0.15) is 11.4 Å². The van der Waals surface area contributed by atoms with Gasteiger partial charge in [0.2, 0.25) is 0 Å². The quantitative estimate of drug-likeness (QED) is 0.275. The van der Waals surface area contributed by atoms with Gasteiger partial charge < -0.3 is 5.11 Å². The molecule has 0 aliphatic heterocycles. The summed E-state index contributed by atoms with van der Waals surface area (Å²) >= 11 is 5.84. The Morgan fingerprint density at radius 2 is 1.64 bits per heavy atom. The van der Waals surface area contributed by atoms with Crippen molar-refractivity contribution < 1.29 is 18.3 Å². The zero-order valence-electron chi connectivity index (χ0n) is 17.6. The Hall–Kier alpha value is -3.49. The molecule has 0 spiro atoms. The van der Waals surface area contributed by atoms with Crippen LogP contribution in [0.25, 0.3) is 0 Å². The van der Waals surface area contributed by atoms with E-state index in [2.05, 4.69) is 15.0 Å². The van der Waals surface area contributed by atoms with Crippen molar-refractivity contribution in [2.75, 3.05) is 4.72 Å². The molecule has 0 aromatic heterocycles. The number of nitrogens with one attached hydrogen (secondary N) is 1. The van der Waals surface area contributed by atoms with Crippen molar-refractivity contribution in [3.63, 3.8) is 0 Å². The molecule has 33 heavy (non-hydrogen) atoms. The molecule has 2 N–H and O–H groups in total. The van der Waals surface area contributed by atoms with Crippen molar-refractivity contribution >= 4 is 38.9 Å². The van der Waals surface area contributed by atoms with Gasteiger partial charge in [-0.05, 0) is 67.8 Å². The standard InChI is InChI=1S/C24H20ClN3O4S/c1-15-6-12-18(13-7-15)33(31,32)28-21-14-22(23(29)20-5-3-2-4-19(20)21)26-27-24(30)16-8-10-17(25)11-9-16/h2-3,6-14,28-29H,4-5H2,1H3. The Morgan fingerprint density at radius 1 is 1.00 bits per heavy atom. The Balaban J connectivity index is 1.71. The van der Waals surface area contributed by atoms with Crippen LogP contribution in [0.5, 0.6) is 5.75 Å². The van der Waals surface area contributed by atoms with E-state index in [9.17, 15) is 18.3 Å². The number of anilines is 1. The number of aryl methyl sites for hydroxylation is 1. The van der Waals surface area contributed by atoms with Crippen molar-refractivity contribution in [2.45, 2.75) is 24.7 Å². The molecule has 3 aromatic carbocycles. The van der Waals surface area contributed by atoms with Gasteiger partial charge in [0, 0.05) is 16.1 Å². The van der Waals surface area contributed by atoms with E-state index in [0.717, 1.165) is 5.56 Å². The summed E-state index contributed by atoms with van der Waals surface area (Å²) in [5.41, 5.74) is 2.68. The number of fused-ring (bicyclic) bond motifs is 1. The summed E-state index contributed by atoms with van der Waals surface area (Å²) in [5.74, 6) is -0.759. The molecule has 0 saturated carbocycles. The van der Waals surface area contributed by atoms with Crippen molar-refractivity contribution in [1.82, 2.24) is 0 Å². The highest BCUT2D eigenvalue weighted by Gasteiger charge is 2.23. The molecule has 168 valence electrons. The molecule has 0 bridgehead atoms. The lowest BCUT2D eigenvalue weighted by Crippen LogP contribution is -2.15. The zero-order valence-corrected chi connectivity index (χ0v) is 19.2. The maximum absolute atomic E-state index is 13.0. The van der Waals surface area contributed by atoms with E-state index >= 15 is 0 Å². The predicted molar refractivity (Wildman–Crippen MR) is 127 cm³/mol. The molecule has 4 rings (SSSR count). The van der Waals surface area contributed by atoms with E-state index in [1.54, 1.807) is 24.3 Å². The minimum atomic E-state index is -3.88. The molecule has 0 heterocycles. The largest absolute Gasteiger partial charge is 0.505 e. The molecule has 0 fully saturated rings. The van der Waals surface area contributed by atoms with E-state index in [1.807, 2.05) is 19.1 Å². The van der Waals surface area contributed by atoms with Crippen LogP contribution in [0.3, 0.4) is 0 Å². The number of hydrogen-bond donors (Lipinski definition) is 2. The topological polar surface area (TPSA) is 108 Å². The van der Waals surface area contributed by atoms with E-state index < -0.39 is 15.9 Å². The van der Waals surface area contributed by atoms with Crippen LogP contribution >= 0.6 is 11.6 Å². The third-order valence-corrected chi connectivity index (χ3v) is 6.86. The molecular formula is C24H20ClN3O4S. The second-order valence-corrected chi connectivity index (χ2v) is 9.68. The molecule has 0 saturated heterocycles. The normalized spacial score (nSPS) is 13.2. The highest BCUT2D eigenvalue weighted by atomic mass is 35.5. The highest BCUT2D eigenvalue weighted by Crippen LogP contribution is 2.41. The lowest BCUT2D eigenvalue weighted by atomic mass is 9.93. The maximum Gasteiger partial charge on any atom is 0.295 e. The van der Waals surface area contributed by atoms with Crippen LogP contribution in [0.4, 0.5) is 11.4 Å². The van der Waals surface area contributed by atoms with Crippen LogP contribution in [0.1, 0.15) is 27.0 Å². The van der Waals surface area contributed by atoms with Gasteiger partial charge in [-0.2, -0.15) is 0 Å². The third-order valence-electron chi connectivity index (χ3n) is 5.22. The first-order valence-corrected chi connectivity index (χ1v) is 11.9. The van der Waals surface area contributed by atoms with Crippen molar-refractivity contribution in [3.05, 3.63) is 94.0 Å². The first-order chi connectivity index (χ1) is 15.7. The molecule has 1 aliphatic rings. The van der Waals surface area contributed by atoms with Gasteiger partial charge in [-0.15, -0.1) is 10.2 Å². The van der Waals surface area contributed by atoms with Crippen LogP contribution in [0.15, 0.2) is 81.9 Å². The summed E-state index contributed by atoms with van der Waals surface area (Å²) in [4.78, 5) is 12.5. The summed E-state index contributed by atoms with van der Waals surface area (Å²) in [7, 11) is -3.88. The second-order valence-electron chi connectivity index (χ2n) is 7.56. The number of nitrogens with zero attached hydrogens (tertiary/aromatic N) is 2. The second kappa shape index (κ2) is 9.17. The highest BCUT2D eigenvalue weighted by molar-refractivity contribution is 7.92. The number of sulfonamides is 1. The number of rotatable bonds is 5. The molecule has 1 amide bonds. The Labute approximate surface area is 196 Å². The van der Waals surface area contributed by atoms with Gasteiger partial charge in [-0.25, -0.2) is 8.42 Å². The number of amides is 1. The fraction of sp³-hybridized carbons (Fsp3) is 0.125. The van der Waals surface area contributed by atoms with E-state index in [-0.39, 0.29) is 27.6 Å². The predicted octanol–water partition coefficient (Wildman–Crippen LogP) is 5.73. The number of phenols is 1. The Kier molecular flexibility index (Phi) is 6.31. The van der Waals surface area contributed by atoms with Crippen LogP contribution in [-0.4, -0.2) is 19.4 Å². The van der Waals surface area contributed by atoms with Crippen LogP contribution < -0.4 is 4.72 Å². The summed E-state index contributed by atoms with van der Waals surface area (Å²) in [6, 6.07) is 14.0. The van der Waals surface area contributed by atoms with E-state index in [4.69, 9.17) is 11.6 Å². The first-order valence-electron chi connectivity index (χ1n) is 10.1. The van der Waals surface area contributed by atoms with E-state index in [1.165, 1.54) is 30.3 Å². The summed E-state index contributed by atoms with van der Waals surface area (Å²) in [5, 5.41) is 18.8. The van der Waals surface area contributed by atoms with Crippen molar-refractivity contribution in [2.24, 2.45) is 10.2 Å². The van der Waals surface area contributed by atoms with Crippen LogP contribution in [0, 0.1) is 6.92 Å². The minimum absolute atomic E-state index is 0.00651. The Bertz CT molecular complexity index is 1380. The van der Waals surface area contributed by atoms with Crippen LogP contribution in [-0.2, 0) is 22.9 Å². The number of carbonyl (C=O) groups excluding carboxylic acids is 1. The number of benzene rings is 3. The lowest BCUT2D eigenvalue weighted by Gasteiger charge is -2.20. The monoisotopic (exact) mass is 481 g/mol. The maximum atomic E-state index is 13.0. The number of phenolic OH excluding ortho intramolecular Hbond substituents is 1. The fourth-order valence-electron chi connectivity index (χ4n) is 3.45. The van der Waals surface area contributed by atoms with Gasteiger partial charge in [0.25, 0.3) is 15.9 Å². The molecule has 3 aromatic rings. The van der Waals surface area contributed by atoms with Crippen LogP contribution in [0.2, 0.25) is 5.02 Å². The molecule has 9 heteroatoms. The lowest BCUT2D eigenvalue weighted by molar-refractivity contribution is 0.0995. The van der Waals surface area contributed by atoms with Gasteiger partial charge in [-0.3, -0.25) is 9.52 Å². The minimum Gasteiger partial charge on any atom is -0.505 e. The van der Waals surface area contributed by atoms with E-state index in [0.29, 0.717) is 29.0 Å². The van der Waals surface area contributed by atoms with Gasteiger partial charge in [0.15, 0.2) is 0 Å². The zero-order chi connectivity index (χ0) is 23.6. The fourth-order valence-corrected chi connectivity index (χ4v) is 4.66. The molecule has 7 nitrogen and oxygen atoms in total. The summed E-state index contributed by atoms with van der Waals surface area (Å²) in [6.45, 7) is 1.87. The van der Waals surface area contributed by atoms with Crippen molar-refractivity contribution in [1.29, 1.82) is 0 Å². The number of aromatic hydroxyl groups is 1. The number of hydrogen-bond acceptors (Lipinski definition) is 5. The smallest absolute Gasteiger partial charge is 0.295 e. The van der Waals surface area contributed by atoms with Crippen molar-refractivity contribution in [3.8, 4) is 5.75 Å². The SMILES string of the molecule is Cc1ccc(S(=O)(=O)Nc2cc(N=NC(=O)c3ccc(Cl)cc3)c(O)c3c2CC=CC3)cc1. The first kappa shape index (κ1) is 22.7. The number of azo groups is 1. The average molecular weight is 482 g/mol. The number of halogens is 1. The molecule has 1 aliphatic carbocycles. The average Bonchev–Trinajstić information content (AvgIpc) is 2.80. The molecule has 0 radical (unpaired) electrons. The Morgan fingerprint density at radius 3 is 2.30 bits per heavy atom. The molecule has 0 unspecified atom stereocenters. The summed E-state index contributed by atoms with van der Waals surface area (Å²) < 4.78 is 28.5. The molecule has 0 atom stereocenters. The number of allylic oxidation sites excluding steroid dienone is 2. The van der Waals surface area contributed by atoms with Gasteiger partial charge in [-0.1, -0.05) is 41.4 Å².